The lowest BCUT2D eigenvalue weighted by molar-refractivity contribution is -0.159. The Kier molecular flexibility index (Phi) is 8.29. The minimum absolute atomic E-state index is 0.160. The van der Waals surface area contributed by atoms with Crippen molar-refractivity contribution < 1.29 is 29.0 Å². The van der Waals surface area contributed by atoms with Gasteiger partial charge in [0, 0.05) is 37.2 Å². The molecule has 3 rings (SSSR count). The Morgan fingerprint density at radius 2 is 1.55 bits per heavy atom. The Morgan fingerprint density at radius 3 is 2.10 bits per heavy atom. The normalized spacial score (nSPS) is 13.9. The fraction of sp³-hybridized carbons (Fsp3) is 0.250. The molecule has 1 amide bonds. The van der Waals surface area contributed by atoms with E-state index in [2.05, 4.69) is 33.0 Å². The second kappa shape index (κ2) is 10.7. The molecular weight excluding hydrogens is 447 g/mol. The van der Waals surface area contributed by atoms with E-state index in [0.29, 0.717) is 13.1 Å². The Morgan fingerprint density at radius 1 is 0.931 bits per heavy atom. The molecule has 154 valence electrons. The number of carboxylic acid groups (broad SMARTS) is 2. The molecule has 7 nitrogen and oxygen atoms in total. The molecule has 0 atom stereocenters. The van der Waals surface area contributed by atoms with Crippen LogP contribution in [0.25, 0.3) is 0 Å². The van der Waals surface area contributed by atoms with Crippen molar-refractivity contribution in [3.8, 4) is 0 Å². The first-order chi connectivity index (χ1) is 13.8. The van der Waals surface area contributed by atoms with Gasteiger partial charge in [0.15, 0.2) is 0 Å². The molecule has 0 aromatic heterocycles. The Hall–Kier alpha value is -2.78. The lowest BCUT2D eigenvalue weighted by Crippen LogP contribution is -2.48. The predicted octanol–water partition coefficient (Wildman–Crippen LogP) is 2.70. The monoisotopic (exact) mass is 466 g/mol. The zero-order valence-electron chi connectivity index (χ0n) is 15.4. The second-order valence-corrected chi connectivity index (χ2v) is 7.20. The standard InChI is InChI=1S/C18H18BrFN2O.C2H2O4/c19-15-5-3-4-14(12-15)13-21-8-10-22(11-9-21)18(23)16-6-1-2-7-17(16)20;3-1(4)2(5)6/h1-7,12H,8-11,13H2;(H,3,4)(H,5,6). The van der Waals surface area contributed by atoms with Gasteiger partial charge in [0.25, 0.3) is 5.91 Å². The van der Waals surface area contributed by atoms with Gasteiger partial charge >= 0.3 is 11.9 Å². The highest BCUT2D eigenvalue weighted by Crippen LogP contribution is 2.16. The molecule has 9 heteroatoms. The summed E-state index contributed by atoms with van der Waals surface area (Å²) in [4.78, 5) is 34.6. The highest BCUT2D eigenvalue weighted by atomic mass is 79.9. The minimum Gasteiger partial charge on any atom is -0.473 e. The Labute approximate surface area is 175 Å². The Bertz CT molecular complexity index is 873. The van der Waals surface area contributed by atoms with Gasteiger partial charge in [-0.1, -0.05) is 40.2 Å². The van der Waals surface area contributed by atoms with Crippen molar-refractivity contribution in [3.63, 3.8) is 0 Å². The van der Waals surface area contributed by atoms with Crippen molar-refractivity contribution in [2.24, 2.45) is 0 Å². The van der Waals surface area contributed by atoms with Crippen LogP contribution in [0.4, 0.5) is 4.39 Å². The molecule has 0 bridgehead atoms. The fourth-order valence-corrected chi connectivity index (χ4v) is 3.25. The van der Waals surface area contributed by atoms with Gasteiger partial charge < -0.3 is 15.1 Å². The lowest BCUT2D eigenvalue weighted by Gasteiger charge is -2.34. The molecule has 0 unspecified atom stereocenters. The summed E-state index contributed by atoms with van der Waals surface area (Å²) in [6.07, 6.45) is 0. The molecule has 0 aliphatic carbocycles. The van der Waals surface area contributed by atoms with Gasteiger partial charge in [-0.3, -0.25) is 9.69 Å². The van der Waals surface area contributed by atoms with Crippen molar-refractivity contribution in [1.29, 1.82) is 0 Å². The molecule has 29 heavy (non-hydrogen) atoms. The summed E-state index contributed by atoms with van der Waals surface area (Å²) >= 11 is 3.48. The third-order valence-corrected chi connectivity index (χ3v) is 4.74. The van der Waals surface area contributed by atoms with Gasteiger partial charge in [0.05, 0.1) is 5.56 Å². The molecule has 0 spiro atoms. The van der Waals surface area contributed by atoms with Crippen LogP contribution < -0.4 is 0 Å². The van der Waals surface area contributed by atoms with Gasteiger partial charge in [-0.25, -0.2) is 14.0 Å². The minimum atomic E-state index is -1.82. The SMILES string of the molecule is O=C(O)C(=O)O.O=C(c1ccccc1F)N1CCN(Cc2cccc(Br)c2)CC1. The van der Waals surface area contributed by atoms with Crippen LogP contribution in [-0.4, -0.2) is 64.0 Å². The molecule has 2 aromatic carbocycles. The van der Waals surface area contributed by atoms with Crippen LogP contribution in [0.15, 0.2) is 53.0 Å². The smallest absolute Gasteiger partial charge is 0.414 e. The fourth-order valence-electron chi connectivity index (χ4n) is 2.81. The number of hydrogen-bond donors (Lipinski definition) is 2. The first kappa shape index (κ1) is 22.5. The van der Waals surface area contributed by atoms with E-state index in [1.165, 1.54) is 11.6 Å². The summed E-state index contributed by atoms with van der Waals surface area (Å²) in [7, 11) is 0. The largest absolute Gasteiger partial charge is 0.473 e. The number of amides is 1. The average Bonchev–Trinajstić information content (AvgIpc) is 2.69. The molecule has 2 aromatic rings. The molecule has 1 aliphatic rings. The molecule has 1 aliphatic heterocycles. The highest BCUT2D eigenvalue weighted by molar-refractivity contribution is 9.10. The van der Waals surface area contributed by atoms with E-state index in [0.717, 1.165) is 24.1 Å². The van der Waals surface area contributed by atoms with E-state index in [1.54, 1.807) is 23.1 Å². The van der Waals surface area contributed by atoms with Crippen molar-refractivity contribution >= 4 is 33.8 Å². The van der Waals surface area contributed by atoms with Crippen LogP contribution in [0.2, 0.25) is 0 Å². The van der Waals surface area contributed by atoms with Crippen molar-refractivity contribution in [2.45, 2.75) is 6.54 Å². The van der Waals surface area contributed by atoms with Crippen molar-refractivity contribution in [1.82, 2.24) is 9.80 Å². The lowest BCUT2D eigenvalue weighted by atomic mass is 10.1. The van der Waals surface area contributed by atoms with E-state index in [-0.39, 0.29) is 11.5 Å². The van der Waals surface area contributed by atoms with Crippen LogP contribution in [0, 0.1) is 5.82 Å². The molecule has 0 saturated carbocycles. The summed E-state index contributed by atoms with van der Waals surface area (Å²) in [6.45, 7) is 3.71. The topological polar surface area (TPSA) is 98.1 Å². The van der Waals surface area contributed by atoms with Gasteiger partial charge in [0.1, 0.15) is 5.82 Å². The summed E-state index contributed by atoms with van der Waals surface area (Å²) in [5.41, 5.74) is 1.40. The first-order valence-electron chi connectivity index (χ1n) is 8.74. The molecule has 1 fully saturated rings. The number of carbonyl (C=O) groups is 3. The van der Waals surface area contributed by atoms with Gasteiger partial charge in [0.2, 0.25) is 0 Å². The van der Waals surface area contributed by atoms with E-state index in [4.69, 9.17) is 19.8 Å². The maximum atomic E-state index is 13.7. The zero-order chi connectivity index (χ0) is 21.4. The highest BCUT2D eigenvalue weighted by Gasteiger charge is 2.23. The van der Waals surface area contributed by atoms with Crippen LogP contribution >= 0.6 is 15.9 Å². The van der Waals surface area contributed by atoms with E-state index < -0.39 is 17.8 Å². The van der Waals surface area contributed by atoms with Gasteiger partial charge in [-0.05, 0) is 29.8 Å². The zero-order valence-corrected chi connectivity index (χ0v) is 17.0. The van der Waals surface area contributed by atoms with Crippen molar-refractivity contribution in [2.75, 3.05) is 26.2 Å². The van der Waals surface area contributed by atoms with E-state index in [9.17, 15) is 9.18 Å². The summed E-state index contributed by atoms with van der Waals surface area (Å²) in [6, 6.07) is 14.4. The summed E-state index contributed by atoms with van der Waals surface area (Å²) in [5.74, 6) is -4.32. The molecule has 0 radical (unpaired) electrons. The third kappa shape index (κ3) is 6.95. The number of hydrogen-bond acceptors (Lipinski definition) is 4. The number of rotatable bonds is 3. The number of piperazine rings is 1. The molecule has 1 saturated heterocycles. The quantitative estimate of drug-likeness (QED) is 0.674. The number of halogens is 2. The first-order valence-corrected chi connectivity index (χ1v) is 9.54. The summed E-state index contributed by atoms with van der Waals surface area (Å²) < 4.78 is 14.8. The number of nitrogens with zero attached hydrogens (tertiary/aromatic N) is 2. The van der Waals surface area contributed by atoms with Gasteiger partial charge in [-0.15, -0.1) is 0 Å². The van der Waals surface area contributed by atoms with Crippen LogP contribution in [0.5, 0.6) is 0 Å². The van der Waals surface area contributed by atoms with Crippen LogP contribution in [0.3, 0.4) is 0 Å². The number of carbonyl (C=O) groups excluding carboxylic acids is 1. The second-order valence-electron chi connectivity index (χ2n) is 6.29. The van der Waals surface area contributed by atoms with Crippen molar-refractivity contribution in [3.05, 3.63) is 69.9 Å². The number of benzene rings is 2. The van der Waals surface area contributed by atoms with Gasteiger partial charge in [-0.2, -0.15) is 0 Å². The number of carboxylic acids is 2. The van der Waals surface area contributed by atoms with Crippen LogP contribution in [0.1, 0.15) is 15.9 Å². The number of aliphatic carboxylic acids is 2. The maximum absolute atomic E-state index is 13.7. The third-order valence-electron chi connectivity index (χ3n) is 4.24. The molecule has 1 heterocycles. The molecular formula is C20H20BrFN2O5. The Balaban J connectivity index is 0.000000438. The summed E-state index contributed by atoms with van der Waals surface area (Å²) in [5, 5.41) is 14.8. The maximum Gasteiger partial charge on any atom is 0.414 e. The predicted molar refractivity (Wildman–Crippen MR) is 107 cm³/mol. The average molecular weight is 467 g/mol. The van der Waals surface area contributed by atoms with Crippen LogP contribution in [-0.2, 0) is 16.1 Å². The van der Waals surface area contributed by atoms with E-state index in [1.807, 2.05) is 12.1 Å². The molecule has 2 N–H and O–H groups in total. The van der Waals surface area contributed by atoms with E-state index >= 15 is 0 Å².